The number of carboxylic acids is 1. The van der Waals surface area contributed by atoms with Crippen LogP contribution in [0.1, 0.15) is 0 Å². The van der Waals surface area contributed by atoms with Gasteiger partial charge in [-0.1, -0.05) is 0 Å². The molecule has 10 N–H and O–H groups in total. The van der Waals surface area contributed by atoms with E-state index in [9.17, 15) is 25.2 Å². The number of guanidine groups is 2. The molecule has 1 fully saturated rings. The summed E-state index contributed by atoms with van der Waals surface area (Å²) in [4.78, 5) is 15.2. The fraction of sp³-hybridized carbons (Fsp3) is 0.667. The Hall–Kier alpha value is -2.11. The summed E-state index contributed by atoms with van der Waals surface area (Å²) in [6.07, 6.45) is -1.58. The monoisotopic (exact) mass is 287 g/mol. The Balaban J connectivity index is 2.23. The quantitative estimate of drug-likeness (QED) is 0.172. The third kappa shape index (κ3) is 1.21. The smallest absolute Gasteiger partial charge is 0.346 e. The number of carboxylic acid groups (broad SMARTS) is 1. The minimum atomic E-state index is -2.68. The lowest BCUT2D eigenvalue weighted by Crippen LogP contribution is -2.79. The van der Waals surface area contributed by atoms with Gasteiger partial charge in [-0.3, -0.25) is 11.1 Å². The van der Waals surface area contributed by atoms with Crippen molar-refractivity contribution in [2.24, 2.45) is 16.5 Å². The molecule has 0 bridgehead atoms. The van der Waals surface area contributed by atoms with E-state index < -0.39 is 35.6 Å². The number of aliphatic imine (C=N–C) groups is 1. The van der Waals surface area contributed by atoms with Gasteiger partial charge in [0.2, 0.25) is 5.66 Å². The zero-order valence-electron chi connectivity index (χ0n) is 10.2. The molecule has 0 aromatic rings. The second-order valence-corrected chi connectivity index (χ2v) is 5.05. The Morgan fingerprint density at radius 1 is 1.45 bits per heavy atom. The topological polar surface area (TPSA) is 189 Å². The Kier molecular flexibility index (Phi) is 2.26. The Morgan fingerprint density at radius 2 is 2.10 bits per heavy atom. The number of nitrogens with zero attached hydrogens (tertiary/aromatic N) is 2. The van der Waals surface area contributed by atoms with Crippen molar-refractivity contribution in [2.75, 3.05) is 6.54 Å². The third-order valence-electron chi connectivity index (χ3n) is 4.01. The highest BCUT2D eigenvalue weighted by molar-refractivity contribution is 5.88. The summed E-state index contributed by atoms with van der Waals surface area (Å²) in [5.74, 6) is -4.24. The van der Waals surface area contributed by atoms with E-state index in [4.69, 9.17) is 11.5 Å². The number of rotatable bonds is 1. The molecule has 0 amide bonds. The van der Waals surface area contributed by atoms with Crippen molar-refractivity contribution in [3.63, 3.8) is 0 Å². The van der Waals surface area contributed by atoms with Gasteiger partial charge in [-0.2, -0.15) is 0 Å². The van der Waals surface area contributed by atoms with Crippen LogP contribution in [0.2, 0.25) is 0 Å². The lowest BCUT2D eigenvalue weighted by atomic mass is 9.86. The molecule has 3 heterocycles. The molecule has 4 atom stereocenters. The van der Waals surface area contributed by atoms with Crippen molar-refractivity contribution < 1.29 is 29.8 Å². The molecule has 1 spiro atoms. The van der Waals surface area contributed by atoms with E-state index in [0.29, 0.717) is 0 Å². The summed E-state index contributed by atoms with van der Waals surface area (Å²) < 4.78 is 1.23. The van der Waals surface area contributed by atoms with Gasteiger partial charge in [-0.25, -0.2) is 14.4 Å². The normalized spacial score (nSPS) is 41.4. The number of aliphatic carboxylic acids is 1. The average Bonchev–Trinajstić information content (AvgIpc) is 2.78. The van der Waals surface area contributed by atoms with Gasteiger partial charge in [0.15, 0.2) is 18.0 Å². The maximum absolute atomic E-state index is 11.3. The number of carbonyl (C=O) groups is 1. The zero-order valence-corrected chi connectivity index (χ0v) is 10.2. The summed E-state index contributed by atoms with van der Waals surface area (Å²) in [6, 6.07) is -2.50. The van der Waals surface area contributed by atoms with Crippen molar-refractivity contribution in [2.45, 2.75) is 29.6 Å². The Labute approximate surface area is 112 Å². The molecule has 11 heteroatoms. The molecule has 0 radical (unpaired) electrons. The molecule has 3 rings (SSSR count). The van der Waals surface area contributed by atoms with Gasteiger partial charge < -0.3 is 31.5 Å². The highest BCUT2D eigenvalue weighted by atomic mass is 16.5. The molecule has 1 saturated heterocycles. The minimum Gasteiger partial charge on any atom is -0.479 e. The number of aliphatic hydroxyl groups is 3. The SMILES string of the molecule is NC1=N[C@H]2C(C(=O)O)NC(N)=[N+]3C[C@H](O)C(O)(O)[C@]23N1. The standard InChI is InChI=1S/C9H14N6O5/c10-6-13-4-3(5(17)18)12-7(11)15-1-2(16)9(19,20)8(4,15)14-6/h2-4,16,19-20H,1H2,(H6,10,11,12,13,14,17,18)/p+1/t2-,3?,4-,8-/m0/s1. The summed E-state index contributed by atoms with van der Waals surface area (Å²) in [5, 5.41) is 44.6. The maximum atomic E-state index is 11.3. The second kappa shape index (κ2) is 3.50. The van der Waals surface area contributed by atoms with E-state index in [2.05, 4.69) is 15.6 Å². The fourth-order valence-electron chi connectivity index (χ4n) is 3.10. The van der Waals surface area contributed by atoms with Crippen LogP contribution in [0, 0.1) is 0 Å². The molecule has 3 aliphatic rings. The van der Waals surface area contributed by atoms with Crippen LogP contribution in [0.25, 0.3) is 0 Å². The minimum absolute atomic E-state index is 0.116. The summed E-state index contributed by atoms with van der Waals surface area (Å²) in [6.45, 7) is -0.218. The van der Waals surface area contributed by atoms with Crippen molar-refractivity contribution in [1.82, 2.24) is 10.6 Å². The molecule has 0 aromatic heterocycles. The second-order valence-electron chi connectivity index (χ2n) is 5.05. The number of hydrogen-bond donors (Lipinski definition) is 8. The van der Waals surface area contributed by atoms with Crippen molar-refractivity contribution in [3.8, 4) is 0 Å². The molecule has 0 aliphatic carbocycles. The maximum Gasteiger partial charge on any atom is 0.346 e. The van der Waals surface area contributed by atoms with E-state index in [1.54, 1.807) is 0 Å². The van der Waals surface area contributed by atoms with Crippen molar-refractivity contribution >= 4 is 17.9 Å². The lowest BCUT2D eigenvalue weighted by molar-refractivity contribution is -0.622. The van der Waals surface area contributed by atoms with Crippen LogP contribution in [-0.2, 0) is 4.79 Å². The van der Waals surface area contributed by atoms with Gasteiger partial charge in [0.1, 0.15) is 12.6 Å². The first kappa shape index (κ1) is 12.9. The van der Waals surface area contributed by atoms with Crippen molar-refractivity contribution in [1.29, 1.82) is 0 Å². The largest absolute Gasteiger partial charge is 0.479 e. The molecule has 11 nitrogen and oxygen atoms in total. The molecule has 110 valence electrons. The first-order valence-electron chi connectivity index (χ1n) is 5.85. The van der Waals surface area contributed by atoms with Gasteiger partial charge in [0, 0.05) is 0 Å². The van der Waals surface area contributed by atoms with Crippen LogP contribution in [0.5, 0.6) is 0 Å². The van der Waals surface area contributed by atoms with Crippen molar-refractivity contribution in [3.05, 3.63) is 0 Å². The van der Waals surface area contributed by atoms with E-state index in [1.807, 2.05) is 0 Å². The summed E-state index contributed by atoms with van der Waals surface area (Å²) in [7, 11) is 0. The van der Waals surface area contributed by atoms with Gasteiger partial charge in [-0.05, 0) is 0 Å². The van der Waals surface area contributed by atoms with Crippen LogP contribution in [0.4, 0.5) is 0 Å². The molecule has 20 heavy (non-hydrogen) atoms. The fourth-order valence-corrected chi connectivity index (χ4v) is 3.10. The van der Waals surface area contributed by atoms with E-state index >= 15 is 0 Å². The molecule has 1 unspecified atom stereocenters. The predicted molar refractivity (Wildman–Crippen MR) is 63.3 cm³/mol. The van der Waals surface area contributed by atoms with Crippen LogP contribution in [0.15, 0.2) is 4.99 Å². The van der Waals surface area contributed by atoms with Gasteiger partial charge in [0.25, 0.3) is 5.79 Å². The molecule has 0 saturated carbocycles. The zero-order chi connectivity index (χ0) is 14.9. The van der Waals surface area contributed by atoms with E-state index in [0.717, 1.165) is 0 Å². The number of nitrogens with two attached hydrogens (primary N) is 2. The third-order valence-corrected chi connectivity index (χ3v) is 4.01. The van der Waals surface area contributed by atoms with Gasteiger partial charge in [-0.15, -0.1) is 0 Å². The highest BCUT2D eigenvalue weighted by Crippen LogP contribution is 2.41. The van der Waals surface area contributed by atoms with E-state index in [1.165, 1.54) is 4.58 Å². The first-order valence-corrected chi connectivity index (χ1v) is 5.85. The number of nitrogens with one attached hydrogen (secondary N) is 2. The summed E-state index contributed by atoms with van der Waals surface area (Å²) >= 11 is 0. The van der Waals surface area contributed by atoms with Gasteiger partial charge in [0.05, 0.1) is 0 Å². The van der Waals surface area contributed by atoms with Crippen LogP contribution in [-0.4, -0.2) is 79.1 Å². The predicted octanol–water partition coefficient (Wildman–Crippen LogP) is -5.59. The van der Waals surface area contributed by atoms with Crippen LogP contribution in [0.3, 0.4) is 0 Å². The highest BCUT2D eigenvalue weighted by Gasteiger charge is 2.75. The molecule has 0 aromatic carbocycles. The lowest BCUT2D eigenvalue weighted by Gasteiger charge is -2.42. The first-order chi connectivity index (χ1) is 9.21. The molecule has 3 aliphatic heterocycles. The average molecular weight is 287 g/mol. The summed E-state index contributed by atoms with van der Waals surface area (Å²) in [5.41, 5.74) is 9.46. The molecular weight excluding hydrogens is 272 g/mol. The van der Waals surface area contributed by atoms with Crippen LogP contribution >= 0.6 is 0 Å². The molecular formula is C9H15N6O5+. The van der Waals surface area contributed by atoms with Crippen LogP contribution < -0.4 is 22.1 Å². The number of hydrogen-bond acceptors (Lipinski definition) is 9. The number of aliphatic hydroxyl groups excluding tert-OH is 1. The Morgan fingerprint density at radius 3 is 2.70 bits per heavy atom. The Bertz CT molecular complexity index is 559. The van der Waals surface area contributed by atoms with E-state index in [-0.39, 0.29) is 18.5 Å². The van der Waals surface area contributed by atoms with Gasteiger partial charge >= 0.3 is 11.9 Å².